The van der Waals surface area contributed by atoms with E-state index in [9.17, 15) is 4.79 Å². The van der Waals surface area contributed by atoms with Crippen molar-refractivity contribution in [3.05, 3.63) is 46.2 Å². The Kier molecular flexibility index (Phi) is 8.39. The van der Waals surface area contributed by atoms with Gasteiger partial charge in [0.2, 0.25) is 0 Å². The zero-order chi connectivity index (χ0) is 26.7. The highest BCUT2D eigenvalue weighted by Crippen LogP contribution is 2.40. The zero-order valence-electron chi connectivity index (χ0n) is 22.6. The van der Waals surface area contributed by atoms with Gasteiger partial charge in [-0.2, -0.15) is 0 Å². The Morgan fingerprint density at radius 2 is 1.86 bits per heavy atom. The van der Waals surface area contributed by atoms with Crippen molar-refractivity contribution in [1.29, 1.82) is 0 Å². The van der Waals surface area contributed by atoms with Gasteiger partial charge < -0.3 is 29.7 Å². The number of carbonyl (C=O) groups excluding carboxylic acids is 1. The lowest BCUT2D eigenvalue weighted by molar-refractivity contribution is 0.0205. The Hall–Kier alpha value is -2.71. The molecule has 3 heterocycles. The van der Waals surface area contributed by atoms with Gasteiger partial charge in [-0.05, 0) is 76.6 Å². The van der Waals surface area contributed by atoms with E-state index in [1.54, 1.807) is 11.1 Å². The van der Waals surface area contributed by atoms with Crippen molar-refractivity contribution in [3.63, 3.8) is 0 Å². The summed E-state index contributed by atoms with van der Waals surface area (Å²) in [6.45, 7) is 13.9. The number of likely N-dealkylation sites (tertiary alicyclic amines) is 1. The van der Waals surface area contributed by atoms with E-state index in [2.05, 4.69) is 16.0 Å². The van der Waals surface area contributed by atoms with Crippen molar-refractivity contribution < 1.29 is 19.0 Å². The highest BCUT2D eigenvalue weighted by atomic mass is 35.5. The summed E-state index contributed by atoms with van der Waals surface area (Å²) in [5.74, 6) is 0.988. The van der Waals surface area contributed by atoms with Crippen molar-refractivity contribution in [2.75, 3.05) is 50.0 Å². The lowest BCUT2D eigenvalue weighted by Gasteiger charge is -2.34. The van der Waals surface area contributed by atoms with Crippen molar-refractivity contribution >= 4 is 29.1 Å². The number of pyridine rings is 1. The second kappa shape index (κ2) is 11.4. The number of halogens is 1. The molecule has 0 radical (unpaired) electrons. The van der Waals surface area contributed by atoms with Gasteiger partial charge in [0.1, 0.15) is 22.6 Å². The number of carbonyl (C=O) groups is 1. The number of aryl methyl sites for hydroxylation is 1. The number of piperidine rings is 1. The third kappa shape index (κ3) is 6.60. The monoisotopic (exact) mass is 530 g/mol. The predicted molar refractivity (Wildman–Crippen MR) is 147 cm³/mol. The van der Waals surface area contributed by atoms with Crippen LogP contribution in [0.2, 0.25) is 5.15 Å². The smallest absolute Gasteiger partial charge is 0.410 e. The number of nitrogens with zero attached hydrogens (tertiary/aromatic N) is 3. The molecule has 0 aliphatic carbocycles. The molecule has 2 N–H and O–H groups in total. The molecule has 1 amide bonds. The Labute approximate surface area is 225 Å². The topological polar surface area (TPSA) is 90.2 Å². The Balaban J connectivity index is 1.46. The van der Waals surface area contributed by atoms with E-state index in [4.69, 9.17) is 31.5 Å². The van der Waals surface area contributed by atoms with Crippen LogP contribution in [0.1, 0.15) is 69.2 Å². The van der Waals surface area contributed by atoms with Crippen LogP contribution in [0.5, 0.6) is 5.75 Å². The van der Waals surface area contributed by atoms with Crippen LogP contribution >= 0.6 is 11.6 Å². The van der Waals surface area contributed by atoms with Crippen LogP contribution < -0.4 is 15.4 Å². The fraction of sp³-hybridized carbons (Fsp3) is 0.571. The standard InChI is InChI=1S/C28H39ClN4O4/c1-18-16-21(20-7-10-33(11-8-20)27(34)37-28(3,4)5)17-22(30)25(18)36-19(2)24-23(6-9-31-26(24)29)32-12-14-35-15-13-32/h6,9,16-17,19-20H,7-8,10-15,30H2,1-5H3. The molecule has 2 aliphatic heterocycles. The highest BCUT2D eigenvalue weighted by Gasteiger charge is 2.29. The molecule has 4 rings (SSSR count). The molecule has 0 spiro atoms. The number of hydrogen-bond acceptors (Lipinski definition) is 7. The number of nitrogen functional groups attached to an aromatic ring is 1. The van der Waals surface area contributed by atoms with E-state index < -0.39 is 5.60 Å². The van der Waals surface area contributed by atoms with Crippen LogP contribution in [0.4, 0.5) is 16.2 Å². The Bertz CT molecular complexity index is 1080. The number of benzene rings is 1. The first-order valence-electron chi connectivity index (χ1n) is 13.0. The molecular formula is C28H39ClN4O4. The molecule has 0 saturated carbocycles. The van der Waals surface area contributed by atoms with Gasteiger partial charge in [-0.3, -0.25) is 0 Å². The molecule has 8 nitrogen and oxygen atoms in total. The molecule has 9 heteroatoms. The van der Waals surface area contributed by atoms with Gasteiger partial charge in [0, 0.05) is 38.1 Å². The number of morpholine rings is 1. The minimum atomic E-state index is -0.491. The van der Waals surface area contributed by atoms with E-state index in [0.29, 0.717) is 48.8 Å². The molecule has 0 bridgehead atoms. The van der Waals surface area contributed by atoms with Gasteiger partial charge in [-0.15, -0.1) is 0 Å². The first-order valence-corrected chi connectivity index (χ1v) is 13.4. The van der Waals surface area contributed by atoms with Crippen LogP contribution in [0.15, 0.2) is 24.4 Å². The lowest BCUT2D eigenvalue weighted by atomic mass is 9.88. The molecule has 202 valence electrons. The largest absolute Gasteiger partial charge is 0.483 e. The van der Waals surface area contributed by atoms with Crippen LogP contribution in [0.3, 0.4) is 0 Å². The van der Waals surface area contributed by atoms with E-state index in [1.807, 2.05) is 46.8 Å². The quantitative estimate of drug-likeness (QED) is 0.390. The van der Waals surface area contributed by atoms with Crippen molar-refractivity contribution in [3.8, 4) is 5.75 Å². The van der Waals surface area contributed by atoms with Gasteiger partial charge >= 0.3 is 6.09 Å². The van der Waals surface area contributed by atoms with Crippen LogP contribution in [-0.2, 0) is 9.47 Å². The van der Waals surface area contributed by atoms with Gasteiger partial charge in [0.05, 0.1) is 24.5 Å². The summed E-state index contributed by atoms with van der Waals surface area (Å²) in [5.41, 5.74) is 10.7. The fourth-order valence-corrected chi connectivity index (χ4v) is 5.39. The summed E-state index contributed by atoms with van der Waals surface area (Å²) in [6, 6.07) is 6.14. The average Bonchev–Trinajstić information content (AvgIpc) is 2.85. The number of amides is 1. The number of aromatic nitrogens is 1. The summed E-state index contributed by atoms with van der Waals surface area (Å²) in [5, 5.41) is 0.432. The van der Waals surface area contributed by atoms with Crippen LogP contribution in [0, 0.1) is 6.92 Å². The fourth-order valence-electron chi connectivity index (χ4n) is 5.08. The maximum atomic E-state index is 12.4. The molecular weight excluding hydrogens is 492 g/mol. The van der Waals surface area contributed by atoms with E-state index in [-0.39, 0.29) is 12.2 Å². The second-order valence-electron chi connectivity index (χ2n) is 10.9. The predicted octanol–water partition coefficient (Wildman–Crippen LogP) is 5.72. The molecule has 1 aromatic heterocycles. The molecule has 2 aromatic rings. The first-order chi connectivity index (χ1) is 17.5. The summed E-state index contributed by atoms with van der Waals surface area (Å²) < 4.78 is 17.5. The maximum absolute atomic E-state index is 12.4. The number of hydrogen-bond donors (Lipinski definition) is 1. The minimum Gasteiger partial charge on any atom is -0.483 e. The van der Waals surface area contributed by atoms with Crippen molar-refractivity contribution in [2.24, 2.45) is 0 Å². The summed E-state index contributed by atoms with van der Waals surface area (Å²) >= 11 is 6.57. The molecule has 1 aromatic carbocycles. The second-order valence-corrected chi connectivity index (χ2v) is 11.2. The SMILES string of the molecule is Cc1cc(C2CCN(C(=O)OC(C)(C)C)CC2)cc(N)c1OC(C)c1c(N2CCOCC2)ccnc1Cl. The van der Waals surface area contributed by atoms with Crippen LogP contribution in [-0.4, -0.2) is 61.0 Å². The summed E-state index contributed by atoms with van der Waals surface area (Å²) in [7, 11) is 0. The van der Waals surface area contributed by atoms with Crippen molar-refractivity contribution in [2.45, 2.75) is 65.1 Å². The molecule has 1 unspecified atom stereocenters. The van der Waals surface area contributed by atoms with Gasteiger partial charge in [-0.25, -0.2) is 9.78 Å². The molecule has 2 aliphatic rings. The number of ether oxygens (including phenoxy) is 3. The summed E-state index contributed by atoms with van der Waals surface area (Å²) in [6.07, 6.45) is 2.87. The van der Waals surface area contributed by atoms with Gasteiger partial charge in [0.15, 0.2) is 0 Å². The van der Waals surface area contributed by atoms with Crippen molar-refractivity contribution in [1.82, 2.24) is 9.88 Å². The molecule has 37 heavy (non-hydrogen) atoms. The number of anilines is 2. The van der Waals surface area contributed by atoms with Gasteiger partial charge in [0.25, 0.3) is 0 Å². The Morgan fingerprint density at radius 3 is 2.49 bits per heavy atom. The highest BCUT2D eigenvalue weighted by molar-refractivity contribution is 6.30. The first kappa shape index (κ1) is 27.3. The third-order valence-corrected chi connectivity index (χ3v) is 7.22. The average molecular weight is 531 g/mol. The van der Waals surface area contributed by atoms with Gasteiger partial charge in [-0.1, -0.05) is 17.7 Å². The van der Waals surface area contributed by atoms with E-state index >= 15 is 0 Å². The normalized spacial score (nSPS) is 18.0. The maximum Gasteiger partial charge on any atom is 0.410 e. The van der Waals surface area contributed by atoms with E-state index in [1.165, 1.54) is 5.56 Å². The van der Waals surface area contributed by atoms with E-state index in [0.717, 1.165) is 42.7 Å². The summed E-state index contributed by atoms with van der Waals surface area (Å²) in [4.78, 5) is 20.8. The third-order valence-electron chi connectivity index (χ3n) is 6.92. The number of nitrogens with two attached hydrogens (primary N) is 1. The molecule has 2 fully saturated rings. The lowest BCUT2D eigenvalue weighted by Crippen LogP contribution is -2.41. The van der Waals surface area contributed by atoms with Crippen LogP contribution in [0.25, 0.3) is 0 Å². The Morgan fingerprint density at radius 1 is 1.19 bits per heavy atom. The molecule has 1 atom stereocenters. The molecule has 2 saturated heterocycles. The zero-order valence-corrected chi connectivity index (χ0v) is 23.3. The minimum absolute atomic E-state index is 0.245. The number of rotatable bonds is 5.